The first-order valence-corrected chi connectivity index (χ1v) is 7.31. The van der Waals surface area contributed by atoms with Crippen molar-refractivity contribution in [2.24, 2.45) is 0 Å². The van der Waals surface area contributed by atoms with Gasteiger partial charge >= 0.3 is 0 Å². The molecule has 1 atom stereocenters. The first-order valence-electron chi connectivity index (χ1n) is 6.18. The van der Waals surface area contributed by atoms with Crippen molar-refractivity contribution in [3.8, 4) is 0 Å². The van der Waals surface area contributed by atoms with E-state index in [0.717, 1.165) is 17.7 Å². The summed E-state index contributed by atoms with van der Waals surface area (Å²) in [5.74, 6) is -1.23. The zero-order chi connectivity index (χ0) is 15.6. The molecule has 21 heavy (non-hydrogen) atoms. The second-order valence-electron chi connectivity index (χ2n) is 4.57. The predicted octanol–water partition coefficient (Wildman–Crippen LogP) is 5.43. The highest BCUT2D eigenvalue weighted by Gasteiger charge is 2.18. The smallest absolute Gasteiger partial charge is 0.142 e. The van der Waals surface area contributed by atoms with Crippen molar-refractivity contribution < 1.29 is 8.78 Å². The lowest BCUT2D eigenvalue weighted by Crippen LogP contribution is -2.20. The molecule has 2 rings (SSSR count). The maximum atomic E-state index is 14.0. The number of rotatable bonds is 4. The van der Waals surface area contributed by atoms with Crippen LogP contribution in [-0.4, -0.2) is 7.05 Å². The summed E-state index contributed by atoms with van der Waals surface area (Å²) in [7, 11) is 1.66. The Morgan fingerprint density at radius 1 is 1.00 bits per heavy atom. The van der Waals surface area contributed by atoms with Crippen LogP contribution < -0.4 is 5.32 Å². The van der Waals surface area contributed by atoms with Crippen molar-refractivity contribution in [3.05, 3.63) is 68.2 Å². The van der Waals surface area contributed by atoms with E-state index in [-0.39, 0.29) is 10.6 Å². The summed E-state index contributed by atoms with van der Waals surface area (Å²) in [6.07, 6.45) is 0.369. The molecule has 0 amide bonds. The fraction of sp³-hybridized carbons (Fsp3) is 0.200. The highest BCUT2D eigenvalue weighted by Crippen LogP contribution is 2.29. The topological polar surface area (TPSA) is 12.0 Å². The van der Waals surface area contributed by atoms with Gasteiger partial charge < -0.3 is 5.32 Å². The van der Waals surface area contributed by atoms with Gasteiger partial charge in [-0.1, -0.05) is 34.8 Å². The van der Waals surface area contributed by atoms with E-state index in [1.54, 1.807) is 25.2 Å². The summed E-state index contributed by atoms with van der Waals surface area (Å²) in [6.45, 7) is 0. The monoisotopic (exact) mass is 349 g/mol. The van der Waals surface area contributed by atoms with Crippen LogP contribution in [-0.2, 0) is 6.42 Å². The quantitative estimate of drug-likeness (QED) is 0.725. The second-order valence-corrected chi connectivity index (χ2v) is 5.82. The van der Waals surface area contributed by atoms with E-state index in [1.807, 2.05) is 0 Å². The van der Waals surface area contributed by atoms with E-state index in [4.69, 9.17) is 34.8 Å². The van der Waals surface area contributed by atoms with Crippen molar-refractivity contribution >= 4 is 34.8 Å². The largest absolute Gasteiger partial charge is 0.313 e. The Morgan fingerprint density at radius 2 is 1.71 bits per heavy atom. The van der Waals surface area contributed by atoms with Crippen LogP contribution in [0.3, 0.4) is 0 Å². The van der Waals surface area contributed by atoms with Gasteiger partial charge in [0.2, 0.25) is 0 Å². The molecule has 0 saturated heterocycles. The molecule has 0 radical (unpaired) electrons. The summed E-state index contributed by atoms with van der Waals surface area (Å²) in [5, 5.41) is 3.76. The second kappa shape index (κ2) is 6.93. The molecule has 6 heteroatoms. The number of benzene rings is 2. The molecular weight excluding hydrogens is 339 g/mol. The van der Waals surface area contributed by atoms with Crippen molar-refractivity contribution in [3.63, 3.8) is 0 Å². The van der Waals surface area contributed by atoms with Crippen LogP contribution in [0.25, 0.3) is 0 Å². The number of likely N-dealkylation sites (N-methyl/N-ethyl adjacent to an activating group) is 1. The maximum absolute atomic E-state index is 14.0. The molecule has 0 aromatic heterocycles. The van der Waals surface area contributed by atoms with Crippen molar-refractivity contribution in [2.75, 3.05) is 7.05 Å². The molecule has 2 aromatic carbocycles. The highest BCUT2D eigenvalue weighted by molar-refractivity contribution is 6.33. The van der Waals surface area contributed by atoms with Crippen molar-refractivity contribution in [1.29, 1.82) is 0 Å². The summed E-state index contributed by atoms with van der Waals surface area (Å²) in [6, 6.07) is 6.66. The number of hydrogen-bond donors (Lipinski definition) is 1. The van der Waals surface area contributed by atoms with E-state index in [1.165, 1.54) is 0 Å². The summed E-state index contributed by atoms with van der Waals surface area (Å²) < 4.78 is 27.6. The zero-order valence-electron chi connectivity index (χ0n) is 11.1. The Hall–Kier alpha value is -0.870. The Kier molecular flexibility index (Phi) is 5.44. The van der Waals surface area contributed by atoms with Gasteiger partial charge in [0, 0.05) is 21.7 Å². The van der Waals surface area contributed by atoms with E-state index in [0.29, 0.717) is 16.5 Å². The SMILES string of the molecule is CNC(Cc1cc(Cl)ccc1Cl)c1cc(F)c(Cl)cc1F. The number of hydrogen-bond acceptors (Lipinski definition) is 1. The van der Waals surface area contributed by atoms with Crippen LogP contribution in [0.15, 0.2) is 30.3 Å². The van der Waals surface area contributed by atoms with Gasteiger partial charge in [0.05, 0.1) is 5.02 Å². The first-order chi connectivity index (χ1) is 9.92. The van der Waals surface area contributed by atoms with Gasteiger partial charge in [-0.2, -0.15) is 0 Å². The lowest BCUT2D eigenvalue weighted by atomic mass is 9.98. The molecule has 0 bridgehead atoms. The molecule has 0 aliphatic heterocycles. The summed E-state index contributed by atoms with van der Waals surface area (Å²) in [5.41, 5.74) is 0.939. The van der Waals surface area contributed by atoms with Crippen LogP contribution in [0.4, 0.5) is 8.78 Å². The van der Waals surface area contributed by atoms with Crippen LogP contribution in [0.1, 0.15) is 17.2 Å². The molecule has 0 aliphatic rings. The summed E-state index contributed by atoms with van der Waals surface area (Å²) >= 11 is 17.6. The molecule has 0 spiro atoms. The maximum Gasteiger partial charge on any atom is 0.142 e. The van der Waals surface area contributed by atoms with Gasteiger partial charge in [0.1, 0.15) is 11.6 Å². The normalized spacial score (nSPS) is 12.5. The molecule has 1 N–H and O–H groups in total. The zero-order valence-corrected chi connectivity index (χ0v) is 13.3. The average Bonchev–Trinajstić information content (AvgIpc) is 2.44. The van der Waals surface area contributed by atoms with Crippen LogP contribution >= 0.6 is 34.8 Å². The van der Waals surface area contributed by atoms with Crippen LogP contribution in [0.2, 0.25) is 15.1 Å². The molecular formula is C15H12Cl3F2N. The van der Waals surface area contributed by atoms with Crippen LogP contribution in [0.5, 0.6) is 0 Å². The Balaban J connectivity index is 2.36. The standard InChI is InChI=1S/C15H12Cl3F2N/c1-21-15(5-8-4-9(16)2-3-11(8)17)10-6-14(20)12(18)7-13(10)19/h2-4,6-7,15,21H,5H2,1H3. The van der Waals surface area contributed by atoms with Crippen molar-refractivity contribution in [2.45, 2.75) is 12.5 Å². The Labute approximate surface area is 136 Å². The third-order valence-electron chi connectivity index (χ3n) is 3.20. The highest BCUT2D eigenvalue weighted by atomic mass is 35.5. The van der Waals surface area contributed by atoms with E-state index in [9.17, 15) is 8.78 Å². The minimum absolute atomic E-state index is 0.190. The molecule has 1 nitrogen and oxygen atoms in total. The molecule has 2 aromatic rings. The number of halogens is 5. The number of nitrogens with one attached hydrogen (secondary N) is 1. The van der Waals surface area contributed by atoms with Crippen molar-refractivity contribution in [1.82, 2.24) is 5.32 Å². The average molecular weight is 351 g/mol. The van der Waals surface area contributed by atoms with Gasteiger partial charge in [-0.05, 0) is 49.4 Å². The van der Waals surface area contributed by atoms with E-state index < -0.39 is 17.7 Å². The van der Waals surface area contributed by atoms with Gasteiger partial charge in [0.25, 0.3) is 0 Å². The summed E-state index contributed by atoms with van der Waals surface area (Å²) in [4.78, 5) is 0. The Bertz CT molecular complexity index is 662. The molecule has 0 aliphatic carbocycles. The van der Waals surface area contributed by atoms with E-state index in [2.05, 4.69) is 5.32 Å². The lowest BCUT2D eigenvalue weighted by Gasteiger charge is -2.19. The van der Waals surface area contributed by atoms with Gasteiger partial charge in [0.15, 0.2) is 0 Å². The fourth-order valence-corrected chi connectivity index (χ4v) is 2.63. The third-order valence-corrected chi connectivity index (χ3v) is 4.09. The van der Waals surface area contributed by atoms with Gasteiger partial charge in [-0.15, -0.1) is 0 Å². The fourth-order valence-electron chi connectivity index (χ4n) is 2.09. The Morgan fingerprint density at radius 3 is 2.38 bits per heavy atom. The first kappa shape index (κ1) is 16.5. The molecule has 0 fully saturated rings. The predicted molar refractivity (Wildman–Crippen MR) is 83.3 cm³/mol. The molecule has 0 heterocycles. The van der Waals surface area contributed by atoms with Gasteiger partial charge in [-0.3, -0.25) is 0 Å². The molecule has 112 valence electrons. The molecule has 1 unspecified atom stereocenters. The third kappa shape index (κ3) is 3.86. The minimum Gasteiger partial charge on any atom is -0.313 e. The molecule has 0 saturated carbocycles. The lowest BCUT2D eigenvalue weighted by molar-refractivity contribution is 0.523. The minimum atomic E-state index is -0.662. The van der Waals surface area contributed by atoms with Gasteiger partial charge in [-0.25, -0.2) is 8.78 Å². The van der Waals surface area contributed by atoms with E-state index >= 15 is 0 Å². The van der Waals surface area contributed by atoms with Crippen LogP contribution in [0, 0.1) is 11.6 Å².